The molecule has 1 aromatic carbocycles. The molecule has 2 aromatic rings. The Kier molecular flexibility index (Phi) is 4.21. The van der Waals surface area contributed by atoms with E-state index in [1.807, 2.05) is 13.0 Å². The molecule has 2 nitrogen and oxygen atoms in total. The summed E-state index contributed by atoms with van der Waals surface area (Å²) in [5.74, 6) is 2.14. The van der Waals surface area contributed by atoms with Gasteiger partial charge in [0.1, 0.15) is 11.6 Å². The molecule has 21 heavy (non-hydrogen) atoms. The van der Waals surface area contributed by atoms with Crippen LogP contribution in [0.25, 0.3) is 11.0 Å². The molecule has 0 N–H and O–H groups in total. The van der Waals surface area contributed by atoms with E-state index in [0.29, 0.717) is 11.4 Å². The summed E-state index contributed by atoms with van der Waals surface area (Å²) in [4.78, 5) is 4.54. The number of aromatic nitrogens is 2. The minimum absolute atomic E-state index is 0.164. The first kappa shape index (κ1) is 14.8. The third kappa shape index (κ3) is 3.08. The van der Waals surface area contributed by atoms with Gasteiger partial charge >= 0.3 is 0 Å². The van der Waals surface area contributed by atoms with Gasteiger partial charge in [-0.1, -0.05) is 19.8 Å². The fourth-order valence-corrected chi connectivity index (χ4v) is 3.55. The van der Waals surface area contributed by atoms with Crippen LogP contribution in [0.15, 0.2) is 18.2 Å². The van der Waals surface area contributed by atoms with Crippen molar-refractivity contribution in [2.45, 2.75) is 51.5 Å². The Morgan fingerprint density at radius 1 is 1.33 bits per heavy atom. The van der Waals surface area contributed by atoms with Gasteiger partial charge in [0.25, 0.3) is 0 Å². The molecule has 1 unspecified atom stereocenters. The second-order valence-corrected chi connectivity index (χ2v) is 7.11. The summed E-state index contributed by atoms with van der Waals surface area (Å²) in [6, 6.07) is 4.83. The Morgan fingerprint density at radius 2 is 2.05 bits per heavy atom. The lowest BCUT2D eigenvalue weighted by Gasteiger charge is -2.27. The average molecular weight is 309 g/mol. The van der Waals surface area contributed by atoms with Crippen LogP contribution in [0.4, 0.5) is 4.39 Å². The van der Waals surface area contributed by atoms with Gasteiger partial charge in [-0.2, -0.15) is 0 Å². The number of hydrogen-bond acceptors (Lipinski definition) is 1. The average Bonchev–Trinajstić information content (AvgIpc) is 2.79. The number of fused-ring (bicyclic) bond motifs is 1. The van der Waals surface area contributed by atoms with Crippen molar-refractivity contribution in [1.29, 1.82) is 0 Å². The molecule has 1 heterocycles. The largest absolute Gasteiger partial charge is 0.326 e. The van der Waals surface area contributed by atoms with Gasteiger partial charge < -0.3 is 4.57 Å². The minimum atomic E-state index is -0.243. The lowest BCUT2D eigenvalue weighted by atomic mass is 9.83. The highest BCUT2D eigenvalue weighted by Gasteiger charge is 2.22. The molecule has 0 saturated heterocycles. The molecule has 3 rings (SSSR count). The van der Waals surface area contributed by atoms with Crippen molar-refractivity contribution in [1.82, 2.24) is 9.55 Å². The number of imidazole rings is 1. The van der Waals surface area contributed by atoms with Gasteiger partial charge in [0.05, 0.1) is 16.4 Å². The number of alkyl halides is 1. The Hall–Kier alpha value is -1.09. The van der Waals surface area contributed by atoms with Crippen LogP contribution in [-0.4, -0.2) is 9.55 Å². The normalized spacial score (nSPS) is 24.4. The molecule has 1 saturated carbocycles. The maximum Gasteiger partial charge on any atom is 0.127 e. The van der Waals surface area contributed by atoms with E-state index in [0.717, 1.165) is 23.8 Å². The Bertz CT molecular complexity index is 627. The van der Waals surface area contributed by atoms with Gasteiger partial charge in [-0.15, -0.1) is 11.6 Å². The van der Waals surface area contributed by atoms with Crippen molar-refractivity contribution in [2.75, 3.05) is 0 Å². The molecule has 1 aromatic heterocycles. The Balaban J connectivity index is 1.93. The summed E-state index contributed by atoms with van der Waals surface area (Å²) in [6.07, 6.45) is 5.13. The van der Waals surface area contributed by atoms with Gasteiger partial charge in [0.15, 0.2) is 0 Å². The molecule has 1 atom stereocenters. The molecular weight excluding hydrogens is 287 g/mol. The molecule has 0 bridgehead atoms. The van der Waals surface area contributed by atoms with Crippen LogP contribution < -0.4 is 0 Å². The SMILES string of the molecule is CC1CCC(Cn2c(C(C)Cl)nc3cc(F)ccc32)CC1. The Labute approximate surface area is 130 Å². The highest BCUT2D eigenvalue weighted by Crippen LogP contribution is 2.32. The fourth-order valence-electron chi connectivity index (χ4n) is 3.39. The number of nitrogens with zero attached hydrogens (tertiary/aromatic N) is 2. The molecule has 0 aliphatic heterocycles. The molecular formula is C17H22ClFN2. The van der Waals surface area contributed by atoms with Gasteiger partial charge in [-0.05, 0) is 43.7 Å². The number of halogens is 2. The second kappa shape index (κ2) is 5.96. The van der Waals surface area contributed by atoms with E-state index in [1.165, 1.54) is 37.8 Å². The smallest absolute Gasteiger partial charge is 0.127 e. The van der Waals surface area contributed by atoms with Crippen LogP contribution in [0.3, 0.4) is 0 Å². The zero-order valence-corrected chi connectivity index (χ0v) is 13.4. The summed E-state index contributed by atoms with van der Waals surface area (Å²) >= 11 is 6.28. The van der Waals surface area contributed by atoms with Crippen LogP contribution in [0.1, 0.15) is 50.7 Å². The first-order valence-corrected chi connectivity index (χ1v) is 8.28. The van der Waals surface area contributed by atoms with Gasteiger partial charge in [0, 0.05) is 12.6 Å². The molecule has 1 aliphatic rings. The van der Waals surface area contributed by atoms with Crippen molar-refractivity contribution in [2.24, 2.45) is 11.8 Å². The first-order chi connectivity index (χ1) is 10.0. The van der Waals surface area contributed by atoms with Gasteiger partial charge in [-0.25, -0.2) is 9.37 Å². The maximum absolute atomic E-state index is 13.4. The van der Waals surface area contributed by atoms with Crippen LogP contribution >= 0.6 is 11.6 Å². The highest BCUT2D eigenvalue weighted by molar-refractivity contribution is 6.20. The van der Waals surface area contributed by atoms with Gasteiger partial charge in [-0.3, -0.25) is 0 Å². The summed E-state index contributed by atoms with van der Waals surface area (Å²) in [7, 11) is 0. The third-order valence-corrected chi connectivity index (χ3v) is 4.87. The monoisotopic (exact) mass is 308 g/mol. The Morgan fingerprint density at radius 3 is 2.71 bits per heavy atom. The van der Waals surface area contributed by atoms with E-state index < -0.39 is 0 Å². The topological polar surface area (TPSA) is 17.8 Å². The predicted octanol–water partition coefficient (Wildman–Crippen LogP) is 5.30. The molecule has 1 fully saturated rings. The molecule has 1 aliphatic carbocycles. The lowest BCUT2D eigenvalue weighted by molar-refractivity contribution is 0.265. The molecule has 0 amide bonds. The summed E-state index contributed by atoms with van der Waals surface area (Å²) in [6.45, 7) is 5.21. The van der Waals surface area contributed by atoms with Crippen LogP contribution in [0.5, 0.6) is 0 Å². The maximum atomic E-state index is 13.4. The van der Waals surface area contributed by atoms with Crippen molar-refractivity contribution in [3.63, 3.8) is 0 Å². The second-order valence-electron chi connectivity index (χ2n) is 6.46. The van der Waals surface area contributed by atoms with E-state index in [-0.39, 0.29) is 11.2 Å². The summed E-state index contributed by atoms with van der Waals surface area (Å²) in [5, 5.41) is -0.164. The predicted molar refractivity (Wildman–Crippen MR) is 85.1 cm³/mol. The molecule has 114 valence electrons. The number of benzene rings is 1. The third-order valence-electron chi connectivity index (χ3n) is 4.67. The van der Waals surface area contributed by atoms with E-state index >= 15 is 0 Å². The highest BCUT2D eigenvalue weighted by atomic mass is 35.5. The van der Waals surface area contributed by atoms with E-state index in [1.54, 1.807) is 0 Å². The quantitative estimate of drug-likeness (QED) is 0.703. The zero-order chi connectivity index (χ0) is 15.0. The molecule has 4 heteroatoms. The zero-order valence-electron chi connectivity index (χ0n) is 12.6. The van der Waals surface area contributed by atoms with Crippen LogP contribution in [0, 0.1) is 17.7 Å². The van der Waals surface area contributed by atoms with Crippen molar-refractivity contribution < 1.29 is 4.39 Å². The molecule has 0 radical (unpaired) electrons. The van der Waals surface area contributed by atoms with E-state index in [9.17, 15) is 4.39 Å². The molecule has 0 spiro atoms. The van der Waals surface area contributed by atoms with Crippen molar-refractivity contribution in [3.05, 3.63) is 29.8 Å². The van der Waals surface area contributed by atoms with Crippen molar-refractivity contribution in [3.8, 4) is 0 Å². The van der Waals surface area contributed by atoms with E-state index in [4.69, 9.17) is 11.6 Å². The van der Waals surface area contributed by atoms with Crippen molar-refractivity contribution >= 4 is 22.6 Å². The van der Waals surface area contributed by atoms with E-state index in [2.05, 4.69) is 16.5 Å². The minimum Gasteiger partial charge on any atom is -0.326 e. The van der Waals surface area contributed by atoms with Crippen LogP contribution in [-0.2, 0) is 6.54 Å². The van der Waals surface area contributed by atoms with Gasteiger partial charge in [0.2, 0.25) is 0 Å². The number of rotatable bonds is 3. The fraction of sp³-hybridized carbons (Fsp3) is 0.588. The summed E-state index contributed by atoms with van der Waals surface area (Å²) in [5.41, 5.74) is 1.71. The first-order valence-electron chi connectivity index (χ1n) is 7.84. The van der Waals surface area contributed by atoms with Crippen LogP contribution in [0.2, 0.25) is 0 Å². The summed E-state index contributed by atoms with van der Waals surface area (Å²) < 4.78 is 15.6. The number of hydrogen-bond donors (Lipinski definition) is 0. The lowest BCUT2D eigenvalue weighted by Crippen LogP contribution is -2.19. The standard InChI is InChI=1S/C17H22ClFN2/c1-11-3-5-13(6-4-11)10-21-16-8-7-14(19)9-15(16)20-17(21)12(2)18/h7-9,11-13H,3-6,10H2,1-2H3.